The molecule has 0 saturated heterocycles. The SMILES string of the molecule is COc1ccc(-c2ccc(Nc3ccc(C(C)=O)cc3)nn2)cc1OC. The van der Waals surface area contributed by atoms with Gasteiger partial charge in [0.25, 0.3) is 0 Å². The van der Waals surface area contributed by atoms with E-state index in [1.54, 1.807) is 33.3 Å². The quantitative estimate of drug-likeness (QED) is 0.675. The molecule has 26 heavy (non-hydrogen) atoms. The van der Waals surface area contributed by atoms with Gasteiger partial charge in [0.05, 0.1) is 19.9 Å². The van der Waals surface area contributed by atoms with E-state index in [9.17, 15) is 4.79 Å². The molecule has 0 aliphatic rings. The number of carbonyl (C=O) groups excluding carboxylic acids is 1. The van der Waals surface area contributed by atoms with E-state index in [2.05, 4.69) is 15.5 Å². The Balaban J connectivity index is 1.77. The number of benzene rings is 2. The smallest absolute Gasteiger partial charge is 0.161 e. The van der Waals surface area contributed by atoms with Crippen molar-refractivity contribution >= 4 is 17.3 Å². The Kier molecular flexibility index (Phi) is 5.12. The molecule has 0 aliphatic carbocycles. The third kappa shape index (κ3) is 3.80. The fourth-order valence-corrected chi connectivity index (χ4v) is 2.48. The molecule has 1 aromatic heterocycles. The number of nitrogens with zero attached hydrogens (tertiary/aromatic N) is 2. The van der Waals surface area contributed by atoms with Gasteiger partial charge in [0.2, 0.25) is 0 Å². The van der Waals surface area contributed by atoms with Gasteiger partial charge in [-0.3, -0.25) is 4.79 Å². The Morgan fingerprint density at radius 2 is 1.62 bits per heavy atom. The normalized spacial score (nSPS) is 10.3. The fraction of sp³-hybridized carbons (Fsp3) is 0.150. The average molecular weight is 349 g/mol. The molecule has 6 nitrogen and oxygen atoms in total. The monoisotopic (exact) mass is 349 g/mol. The maximum Gasteiger partial charge on any atom is 0.161 e. The van der Waals surface area contributed by atoms with Crippen molar-refractivity contribution in [1.82, 2.24) is 10.2 Å². The molecule has 3 aromatic rings. The minimum absolute atomic E-state index is 0.0376. The molecule has 0 saturated carbocycles. The van der Waals surface area contributed by atoms with E-state index in [-0.39, 0.29) is 5.78 Å². The molecular formula is C20H19N3O3. The molecule has 0 radical (unpaired) electrons. The first-order valence-corrected chi connectivity index (χ1v) is 8.05. The Hall–Kier alpha value is -3.41. The Labute approximate surface area is 151 Å². The zero-order chi connectivity index (χ0) is 18.5. The van der Waals surface area contributed by atoms with E-state index < -0.39 is 0 Å². The molecule has 6 heteroatoms. The number of anilines is 2. The van der Waals surface area contributed by atoms with Crippen LogP contribution in [0.2, 0.25) is 0 Å². The highest BCUT2D eigenvalue weighted by Crippen LogP contribution is 2.31. The summed E-state index contributed by atoms with van der Waals surface area (Å²) in [5.74, 6) is 1.96. The number of carbonyl (C=O) groups is 1. The minimum atomic E-state index is 0.0376. The van der Waals surface area contributed by atoms with Crippen LogP contribution in [0.5, 0.6) is 11.5 Å². The van der Waals surface area contributed by atoms with E-state index in [0.29, 0.717) is 22.9 Å². The highest BCUT2D eigenvalue weighted by atomic mass is 16.5. The summed E-state index contributed by atoms with van der Waals surface area (Å²) < 4.78 is 10.6. The van der Waals surface area contributed by atoms with Crippen LogP contribution >= 0.6 is 0 Å². The summed E-state index contributed by atoms with van der Waals surface area (Å²) >= 11 is 0. The van der Waals surface area contributed by atoms with Crippen LogP contribution in [0.15, 0.2) is 54.6 Å². The van der Waals surface area contributed by atoms with Crippen LogP contribution < -0.4 is 14.8 Å². The predicted octanol–water partition coefficient (Wildman–Crippen LogP) is 4.11. The first-order valence-electron chi connectivity index (χ1n) is 8.05. The molecule has 1 heterocycles. The van der Waals surface area contributed by atoms with E-state index in [1.807, 2.05) is 42.5 Å². The molecule has 0 amide bonds. The van der Waals surface area contributed by atoms with E-state index in [4.69, 9.17) is 9.47 Å². The average Bonchev–Trinajstić information content (AvgIpc) is 2.68. The number of hydrogen-bond donors (Lipinski definition) is 1. The largest absolute Gasteiger partial charge is 0.493 e. The molecule has 132 valence electrons. The van der Waals surface area contributed by atoms with Crippen molar-refractivity contribution in [3.63, 3.8) is 0 Å². The van der Waals surface area contributed by atoms with Crippen LogP contribution in [0.4, 0.5) is 11.5 Å². The zero-order valence-corrected chi connectivity index (χ0v) is 14.8. The Morgan fingerprint density at radius 3 is 2.19 bits per heavy atom. The van der Waals surface area contributed by atoms with Gasteiger partial charge >= 0.3 is 0 Å². The summed E-state index contributed by atoms with van der Waals surface area (Å²) in [6.45, 7) is 1.54. The van der Waals surface area contributed by atoms with Gasteiger partial charge in [-0.15, -0.1) is 10.2 Å². The number of rotatable bonds is 6. The van der Waals surface area contributed by atoms with Crippen LogP contribution in [0.1, 0.15) is 17.3 Å². The topological polar surface area (TPSA) is 73.3 Å². The molecule has 2 aromatic carbocycles. The lowest BCUT2D eigenvalue weighted by Crippen LogP contribution is -1.98. The molecule has 0 spiro atoms. The highest BCUT2D eigenvalue weighted by Gasteiger charge is 2.08. The number of ketones is 1. The van der Waals surface area contributed by atoms with Gasteiger partial charge in [-0.05, 0) is 61.5 Å². The third-order valence-electron chi connectivity index (χ3n) is 3.91. The lowest BCUT2D eigenvalue weighted by molar-refractivity contribution is 0.101. The molecule has 0 aliphatic heterocycles. The van der Waals surface area contributed by atoms with E-state index in [1.165, 1.54) is 0 Å². The lowest BCUT2D eigenvalue weighted by Gasteiger charge is -2.10. The van der Waals surface area contributed by atoms with Crippen molar-refractivity contribution in [3.05, 3.63) is 60.2 Å². The zero-order valence-electron chi connectivity index (χ0n) is 14.8. The Morgan fingerprint density at radius 1 is 0.885 bits per heavy atom. The first-order chi connectivity index (χ1) is 12.6. The number of Topliss-reactive ketones (excluding diaryl/α,β-unsaturated/α-hetero) is 1. The molecule has 0 fully saturated rings. The van der Waals surface area contributed by atoms with Gasteiger partial charge in [-0.1, -0.05) is 0 Å². The second-order valence-corrected chi connectivity index (χ2v) is 5.63. The molecule has 0 atom stereocenters. The van der Waals surface area contributed by atoms with Gasteiger partial charge in [-0.2, -0.15) is 0 Å². The summed E-state index contributed by atoms with van der Waals surface area (Å²) in [7, 11) is 3.19. The summed E-state index contributed by atoms with van der Waals surface area (Å²) in [5, 5.41) is 11.6. The standard InChI is InChI=1S/C20H19N3O3/c1-13(24)14-4-7-16(8-5-14)21-20-11-9-17(22-23-20)15-6-10-18(25-2)19(12-15)26-3/h4-12H,1-3H3,(H,21,23). The van der Waals surface area contributed by atoms with Crippen LogP contribution in [0.3, 0.4) is 0 Å². The predicted molar refractivity (Wildman–Crippen MR) is 100 cm³/mol. The first kappa shape index (κ1) is 17.4. The number of nitrogens with one attached hydrogen (secondary N) is 1. The van der Waals surface area contributed by atoms with Gasteiger partial charge in [0, 0.05) is 16.8 Å². The summed E-state index contributed by atoms with van der Waals surface area (Å²) in [6.07, 6.45) is 0. The minimum Gasteiger partial charge on any atom is -0.493 e. The van der Waals surface area contributed by atoms with Crippen LogP contribution in [-0.4, -0.2) is 30.2 Å². The second kappa shape index (κ2) is 7.65. The van der Waals surface area contributed by atoms with E-state index in [0.717, 1.165) is 16.9 Å². The number of aromatic nitrogens is 2. The maximum absolute atomic E-state index is 11.3. The summed E-state index contributed by atoms with van der Waals surface area (Å²) in [5.41, 5.74) is 3.12. The van der Waals surface area contributed by atoms with Crippen LogP contribution in [0.25, 0.3) is 11.3 Å². The molecule has 0 unspecified atom stereocenters. The molecular weight excluding hydrogens is 330 g/mol. The number of methoxy groups -OCH3 is 2. The Bertz CT molecular complexity index is 907. The van der Waals surface area contributed by atoms with Crippen molar-refractivity contribution in [2.75, 3.05) is 19.5 Å². The van der Waals surface area contributed by atoms with Crippen LogP contribution in [-0.2, 0) is 0 Å². The molecule has 0 bridgehead atoms. The van der Waals surface area contributed by atoms with Gasteiger partial charge < -0.3 is 14.8 Å². The van der Waals surface area contributed by atoms with Gasteiger partial charge in [0.15, 0.2) is 23.1 Å². The molecule has 3 rings (SSSR count). The van der Waals surface area contributed by atoms with E-state index >= 15 is 0 Å². The van der Waals surface area contributed by atoms with Crippen molar-refractivity contribution in [2.24, 2.45) is 0 Å². The van der Waals surface area contributed by atoms with Gasteiger partial charge in [0.1, 0.15) is 0 Å². The van der Waals surface area contributed by atoms with Crippen molar-refractivity contribution in [3.8, 4) is 22.8 Å². The van der Waals surface area contributed by atoms with Crippen LogP contribution in [0, 0.1) is 0 Å². The van der Waals surface area contributed by atoms with Crippen molar-refractivity contribution in [1.29, 1.82) is 0 Å². The summed E-state index contributed by atoms with van der Waals surface area (Å²) in [6, 6.07) is 16.5. The second-order valence-electron chi connectivity index (χ2n) is 5.63. The fourth-order valence-electron chi connectivity index (χ4n) is 2.48. The maximum atomic E-state index is 11.3. The number of ether oxygens (including phenoxy) is 2. The lowest BCUT2D eigenvalue weighted by atomic mass is 10.1. The summed E-state index contributed by atoms with van der Waals surface area (Å²) in [4.78, 5) is 11.3. The molecule has 1 N–H and O–H groups in total. The van der Waals surface area contributed by atoms with Crippen molar-refractivity contribution < 1.29 is 14.3 Å². The van der Waals surface area contributed by atoms with Crippen molar-refractivity contribution in [2.45, 2.75) is 6.92 Å². The number of hydrogen-bond acceptors (Lipinski definition) is 6. The third-order valence-corrected chi connectivity index (χ3v) is 3.91. The van der Waals surface area contributed by atoms with Gasteiger partial charge in [-0.25, -0.2) is 0 Å². The highest BCUT2D eigenvalue weighted by molar-refractivity contribution is 5.94.